The molecule has 0 saturated carbocycles. The number of aryl methyl sites for hydroxylation is 5. The van der Waals surface area contributed by atoms with E-state index in [0.29, 0.717) is 0 Å². The van der Waals surface area contributed by atoms with Gasteiger partial charge in [-0.2, -0.15) is 0 Å². The standard InChI is InChI=1S/C35H32/c1-23-12-24(2)15-32(14-23)28-8-6-10-30(20-28)34-18-27(5)19-35(22-34)31-11-7-9-29(21-31)33-16-25(3)13-26(4)17-33/h6-22H,1-5H3. The number of hydrogen-bond acceptors (Lipinski definition) is 0. The Bertz CT molecular complexity index is 1380. The summed E-state index contributed by atoms with van der Waals surface area (Å²) < 4.78 is 0. The van der Waals surface area contributed by atoms with E-state index in [1.54, 1.807) is 0 Å². The Morgan fingerprint density at radius 2 is 0.486 bits per heavy atom. The molecule has 0 aromatic heterocycles. The van der Waals surface area contributed by atoms with Gasteiger partial charge in [0.15, 0.2) is 0 Å². The lowest BCUT2D eigenvalue weighted by Gasteiger charge is -2.12. The molecule has 0 spiro atoms. The topological polar surface area (TPSA) is 0 Å². The molecule has 0 atom stereocenters. The molecule has 35 heavy (non-hydrogen) atoms. The molecule has 5 rings (SSSR count). The lowest BCUT2D eigenvalue weighted by atomic mass is 9.92. The fraction of sp³-hybridized carbons (Fsp3) is 0.143. The van der Waals surface area contributed by atoms with Gasteiger partial charge < -0.3 is 0 Å². The maximum atomic E-state index is 2.33. The largest absolute Gasteiger partial charge is 0.0610 e. The fourth-order valence-electron chi connectivity index (χ4n) is 5.16. The summed E-state index contributed by atoms with van der Waals surface area (Å²) in [5, 5.41) is 0. The van der Waals surface area contributed by atoms with E-state index in [1.807, 2.05) is 0 Å². The third kappa shape index (κ3) is 5.12. The van der Waals surface area contributed by atoms with E-state index in [9.17, 15) is 0 Å². The van der Waals surface area contributed by atoms with Crippen LogP contribution in [0.15, 0.2) is 103 Å². The average molecular weight is 453 g/mol. The van der Waals surface area contributed by atoms with Crippen molar-refractivity contribution in [1.29, 1.82) is 0 Å². The Morgan fingerprint density at radius 1 is 0.257 bits per heavy atom. The number of benzene rings is 5. The molecule has 0 aliphatic rings. The van der Waals surface area contributed by atoms with Crippen LogP contribution >= 0.6 is 0 Å². The monoisotopic (exact) mass is 452 g/mol. The Hall–Kier alpha value is -3.90. The zero-order chi connectivity index (χ0) is 24.5. The molecule has 0 amide bonds. The molecule has 172 valence electrons. The van der Waals surface area contributed by atoms with Gasteiger partial charge in [0.05, 0.1) is 0 Å². The van der Waals surface area contributed by atoms with E-state index in [4.69, 9.17) is 0 Å². The minimum absolute atomic E-state index is 1.25. The van der Waals surface area contributed by atoms with Gasteiger partial charge >= 0.3 is 0 Å². The van der Waals surface area contributed by atoms with E-state index >= 15 is 0 Å². The fourth-order valence-corrected chi connectivity index (χ4v) is 5.16. The second kappa shape index (κ2) is 9.39. The predicted molar refractivity (Wildman–Crippen MR) is 152 cm³/mol. The van der Waals surface area contributed by atoms with Crippen LogP contribution in [0.1, 0.15) is 27.8 Å². The van der Waals surface area contributed by atoms with Gasteiger partial charge in [-0.25, -0.2) is 0 Å². The molecule has 0 fully saturated rings. The van der Waals surface area contributed by atoms with Crippen molar-refractivity contribution in [3.05, 3.63) is 131 Å². The first-order valence-corrected chi connectivity index (χ1v) is 12.3. The molecule has 0 heterocycles. The highest BCUT2D eigenvalue weighted by molar-refractivity contribution is 5.80. The van der Waals surface area contributed by atoms with Gasteiger partial charge in [-0.1, -0.05) is 107 Å². The molecular weight excluding hydrogens is 420 g/mol. The van der Waals surface area contributed by atoms with Gasteiger partial charge in [-0.05, 0) is 103 Å². The smallest absolute Gasteiger partial charge is 0.0175 e. The van der Waals surface area contributed by atoms with Crippen molar-refractivity contribution in [2.45, 2.75) is 34.6 Å². The van der Waals surface area contributed by atoms with Crippen LogP contribution in [0.4, 0.5) is 0 Å². The highest BCUT2D eigenvalue weighted by Crippen LogP contribution is 2.33. The maximum absolute atomic E-state index is 2.33. The van der Waals surface area contributed by atoms with Gasteiger partial charge in [-0.3, -0.25) is 0 Å². The van der Waals surface area contributed by atoms with E-state index < -0.39 is 0 Å². The van der Waals surface area contributed by atoms with Crippen molar-refractivity contribution < 1.29 is 0 Å². The third-order valence-electron chi connectivity index (χ3n) is 6.58. The summed E-state index contributed by atoms with van der Waals surface area (Å²) in [4.78, 5) is 0. The van der Waals surface area contributed by atoms with E-state index in [0.717, 1.165) is 0 Å². The Morgan fingerprint density at radius 3 is 0.800 bits per heavy atom. The molecule has 0 heteroatoms. The van der Waals surface area contributed by atoms with Crippen molar-refractivity contribution in [3.8, 4) is 44.5 Å². The summed E-state index contributed by atoms with van der Waals surface area (Å²) in [6.45, 7) is 10.9. The Balaban J connectivity index is 1.55. The summed E-state index contributed by atoms with van der Waals surface area (Å²) in [7, 11) is 0. The molecule has 0 unspecified atom stereocenters. The first kappa shape index (κ1) is 22.9. The number of hydrogen-bond donors (Lipinski definition) is 0. The Kier molecular flexibility index (Phi) is 6.14. The van der Waals surface area contributed by atoms with Crippen molar-refractivity contribution in [2.24, 2.45) is 0 Å². The molecule has 0 aliphatic carbocycles. The Labute approximate surface area is 209 Å². The third-order valence-corrected chi connectivity index (χ3v) is 6.58. The summed E-state index contributed by atoms with van der Waals surface area (Å²) in [6, 6.07) is 38.3. The van der Waals surface area contributed by atoms with Crippen molar-refractivity contribution in [1.82, 2.24) is 0 Å². The minimum atomic E-state index is 1.25. The summed E-state index contributed by atoms with van der Waals surface area (Å²) in [5.41, 5.74) is 16.5. The highest BCUT2D eigenvalue weighted by atomic mass is 14.1. The normalized spacial score (nSPS) is 11.0. The molecule has 0 saturated heterocycles. The van der Waals surface area contributed by atoms with E-state index in [2.05, 4.69) is 138 Å². The molecule has 0 nitrogen and oxygen atoms in total. The summed E-state index contributed by atoms with van der Waals surface area (Å²) in [6.07, 6.45) is 0. The van der Waals surface area contributed by atoms with Crippen LogP contribution in [-0.4, -0.2) is 0 Å². The molecule has 0 bridgehead atoms. The van der Waals surface area contributed by atoms with Gasteiger partial charge in [0.1, 0.15) is 0 Å². The molecule has 5 aromatic carbocycles. The minimum Gasteiger partial charge on any atom is -0.0610 e. The van der Waals surface area contributed by atoms with Gasteiger partial charge in [0.2, 0.25) is 0 Å². The van der Waals surface area contributed by atoms with Crippen LogP contribution in [0.2, 0.25) is 0 Å². The predicted octanol–water partition coefficient (Wildman–Crippen LogP) is 9.90. The van der Waals surface area contributed by atoms with Gasteiger partial charge in [0, 0.05) is 0 Å². The lowest BCUT2D eigenvalue weighted by molar-refractivity contribution is 1.38. The molecule has 0 aliphatic heterocycles. The zero-order valence-electron chi connectivity index (χ0n) is 21.3. The quantitative estimate of drug-likeness (QED) is 0.254. The molecular formula is C35H32. The first-order chi connectivity index (χ1) is 16.8. The first-order valence-electron chi connectivity index (χ1n) is 12.3. The highest BCUT2D eigenvalue weighted by Gasteiger charge is 2.08. The van der Waals surface area contributed by atoms with Crippen molar-refractivity contribution in [2.75, 3.05) is 0 Å². The molecule has 5 aromatic rings. The van der Waals surface area contributed by atoms with Crippen LogP contribution in [0.5, 0.6) is 0 Å². The van der Waals surface area contributed by atoms with Crippen LogP contribution < -0.4 is 0 Å². The van der Waals surface area contributed by atoms with Crippen LogP contribution in [-0.2, 0) is 0 Å². The average Bonchev–Trinajstić information content (AvgIpc) is 2.83. The van der Waals surface area contributed by atoms with Crippen LogP contribution in [0.25, 0.3) is 44.5 Å². The van der Waals surface area contributed by atoms with Crippen molar-refractivity contribution >= 4 is 0 Å². The van der Waals surface area contributed by atoms with Gasteiger partial charge in [0.25, 0.3) is 0 Å². The number of rotatable bonds is 4. The van der Waals surface area contributed by atoms with Gasteiger partial charge in [-0.15, -0.1) is 0 Å². The zero-order valence-corrected chi connectivity index (χ0v) is 21.3. The summed E-state index contributed by atoms with van der Waals surface area (Å²) in [5.74, 6) is 0. The maximum Gasteiger partial charge on any atom is -0.0175 e. The lowest BCUT2D eigenvalue weighted by Crippen LogP contribution is -1.88. The SMILES string of the molecule is Cc1cc(C)cc(-c2cccc(-c3cc(C)cc(-c4cccc(-c5cc(C)cc(C)c5)c4)c3)c2)c1. The molecule has 0 N–H and O–H groups in total. The van der Waals surface area contributed by atoms with Crippen LogP contribution in [0, 0.1) is 34.6 Å². The van der Waals surface area contributed by atoms with E-state index in [-0.39, 0.29) is 0 Å². The van der Waals surface area contributed by atoms with Crippen LogP contribution in [0.3, 0.4) is 0 Å². The summed E-state index contributed by atoms with van der Waals surface area (Å²) >= 11 is 0. The second-order valence-corrected chi connectivity index (χ2v) is 10.0. The van der Waals surface area contributed by atoms with Crippen molar-refractivity contribution in [3.63, 3.8) is 0 Å². The molecule has 0 radical (unpaired) electrons. The second-order valence-electron chi connectivity index (χ2n) is 10.0. The van der Waals surface area contributed by atoms with E-state index in [1.165, 1.54) is 72.3 Å².